The van der Waals surface area contributed by atoms with Gasteiger partial charge in [0.05, 0.1) is 12.5 Å². The van der Waals surface area contributed by atoms with E-state index in [2.05, 4.69) is 6.07 Å². The van der Waals surface area contributed by atoms with Crippen molar-refractivity contribution in [2.24, 2.45) is 5.92 Å². The Balaban J connectivity index is 2.00. The van der Waals surface area contributed by atoms with Crippen molar-refractivity contribution in [3.8, 4) is 6.07 Å². The van der Waals surface area contributed by atoms with Gasteiger partial charge >= 0.3 is 0 Å². The Bertz CT molecular complexity index is 569. The van der Waals surface area contributed by atoms with E-state index in [0.717, 1.165) is 18.4 Å². The zero-order valence-corrected chi connectivity index (χ0v) is 9.80. The molecular weight excluding hydrogens is 228 g/mol. The van der Waals surface area contributed by atoms with Gasteiger partial charge in [0.25, 0.3) is 5.91 Å². The Kier molecular flexibility index (Phi) is 2.41. The number of amides is 2. The van der Waals surface area contributed by atoms with Crippen LogP contribution in [0, 0.1) is 17.2 Å². The highest BCUT2D eigenvalue weighted by molar-refractivity contribution is 6.10. The topological polar surface area (TPSA) is 61.2 Å². The molecule has 0 bridgehead atoms. The second-order valence-corrected chi connectivity index (χ2v) is 4.81. The highest BCUT2D eigenvalue weighted by atomic mass is 16.2. The Morgan fingerprint density at radius 1 is 1.28 bits per heavy atom. The quantitative estimate of drug-likeness (QED) is 0.736. The minimum absolute atomic E-state index is 0.174. The SMILES string of the molecule is N#CC(C1CC1)N1C(=O)Cc2ccccc2C1=O. The number of hydrogen-bond donors (Lipinski definition) is 0. The summed E-state index contributed by atoms with van der Waals surface area (Å²) < 4.78 is 0. The summed E-state index contributed by atoms with van der Waals surface area (Å²) in [4.78, 5) is 25.5. The lowest BCUT2D eigenvalue weighted by Crippen LogP contribution is -2.48. The highest BCUT2D eigenvalue weighted by Crippen LogP contribution is 2.37. The number of carbonyl (C=O) groups excluding carboxylic acids is 2. The first kappa shape index (κ1) is 11.0. The first-order valence-electron chi connectivity index (χ1n) is 6.06. The summed E-state index contributed by atoms with van der Waals surface area (Å²) >= 11 is 0. The van der Waals surface area contributed by atoms with Gasteiger partial charge in [0.2, 0.25) is 5.91 Å². The van der Waals surface area contributed by atoms with Crippen molar-refractivity contribution in [2.75, 3.05) is 0 Å². The summed E-state index contributed by atoms with van der Waals surface area (Å²) in [6, 6.07) is 8.64. The van der Waals surface area contributed by atoms with Crippen LogP contribution in [0.5, 0.6) is 0 Å². The third kappa shape index (κ3) is 1.60. The zero-order valence-electron chi connectivity index (χ0n) is 9.80. The van der Waals surface area contributed by atoms with E-state index in [9.17, 15) is 14.9 Å². The van der Waals surface area contributed by atoms with Crippen LogP contribution >= 0.6 is 0 Å². The molecule has 0 spiro atoms. The average molecular weight is 240 g/mol. The lowest BCUT2D eigenvalue weighted by atomic mass is 9.96. The Hall–Kier alpha value is -2.15. The molecule has 0 radical (unpaired) electrons. The van der Waals surface area contributed by atoms with E-state index in [1.54, 1.807) is 18.2 Å². The van der Waals surface area contributed by atoms with E-state index in [-0.39, 0.29) is 24.2 Å². The molecule has 0 aromatic heterocycles. The summed E-state index contributed by atoms with van der Waals surface area (Å²) in [5.41, 5.74) is 1.31. The van der Waals surface area contributed by atoms with Crippen LogP contribution in [0.1, 0.15) is 28.8 Å². The minimum Gasteiger partial charge on any atom is -0.274 e. The van der Waals surface area contributed by atoms with Crippen molar-refractivity contribution in [2.45, 2.75) is 25.3 Å². The van der Waals surface area contributed by atoms with Gasteiger partial charge in [0.1, 0.15) is 6.04 Å². The summed E-state index contributed by atoms with van der Waals surface area (Å²) in [6.07, 6.45) is 2.07. The van der Waals surface area contributed by atoms with Gasteiger partial charge in [0.15, 0.2) is 0 Å². The molecule has 1 heterocycles. The second kappa shape index (κ2) is 3.95. The number of nitriles is 1. The van der Waals surface area contributed by atoms with Crippen LogP contribution in [0.3, 0.4) is 0 Å². The molecule has 3 rings (SSSR count). The maximum absolute atomic E-state index is 12.3. The maximum Gasteiger partial charge on any atom is 0.261 e. The molecule has 2 amide bonds. The van der Waals surface area contributed by atoms with Crippen molar-refractivity contribution in [1.29, 1.82) is 5.26 Å². The van der Waals surface area contributed by atoms with Gasteiger partial charge in [0, 0.05) is 5.56 Å². The number of benzene rings is 1. The molecule has 1 unspecified atom stereocenters. The number of hydrogen-bond acceptors (Lipinski definition) is 3. The fourth-order valence-corrected chi connectivity index (χ4v) is 2.44. The number of imide groups is 1. The van der Waals surface area contributed by atoms with E-state index in [0.29, 0.717) is 5.56 Å². The zero-order chi connectivity index (χ0) is 12.7. The average Bonchev–Trinajstić information content (AvgIpc) is 3.18. The third-order valence-corrected chi connectivity index (χ3v) is 3.56. The molecule has 1 atom stereocenters. The van der Waals surface area contributed by atoms with Crippen LogP contribution in [-0.4, -0.2) is 22.8 Å². The fraction of sp³-hybridized carbons (Fsp3) is 0.357. The van der Waals surface area contributed by atoms with Gasteiger partial charge in [-0.15, -0.1) is 0 Å². The Labute approximate surface area is 105 Å². The summed E-state index contributed by atoms with van der Waals surface area (Å²) in [5.74, 6) is -0.398. The standard InChI is InChI=1S/C14H12N2O2/c15-8-12(9-5-6-9)16-13(17)7-10-3-1-2-4-11(10)14(16)18/h1-4,9,12H,5-7H2. The molecule has 0 saturated heterocycles. The summed E-state index contributed by atoms with van der Waals surface area (Å²) in [5, 5.41) is 9.18. The van der Waals surface area contributed by atoms with Crippen LogP contribution < -0.4 is 0 Å². The van der Waals surface area contributed by atoms with Crippen LogP contribution in [0.25, 0.3) is 0 Å². The number of fused-ring (bicyclic) bond motifs is 1. The van der Waals surface area contributed by atoms with Gasteiger partial charge in [-0.3, -0.25) is 14.5 Å². The van der Waals surface area contributed by atoms with Crippen molar-refractivity contribution in [3.05, 3.63) is 35.4 Å². The predicted octanol–water partition coefficient (Wildman–Crippen LogP) is 1.51. The van der Waals surface area contributed by atoms with Crippen LogP contribution in [0.4, 0.5) is 0 Å². The lowest BCUT2D eigenvalue weighted by Gasteiger charge is -2.30. The van der Waals surface area contributed by atoms with Gasteiger partial charge in [-0.25, -0.2) is 0 Å². The molecule has 18 heavy (non-hydrogen) atoms. The first-order chi connectivity index (χ1) is 8.72. The molecule has 1 saturated carbocycles. The fourth-order valence-electron chi connectivity index (χ4n) is 2.44. The van der Waals surface area contributed by atoms with Crippen molar-refractivity contribution in [1.82, 2.24) is 4.90 Å². The summed E-state index contributed by atoms with van der Waals surface area (Å²) in [6.45, 7) is 0. The van der Waals surface area contributed by atoms with E-state index >= 15 is 0 Å². The van der Waals surface area contributed by atoms with E-state index in [4.69, 9.17) is 0 Å². The van der Waals surface area contributed by atoms with Gasteiger partial charge in [-0.2, -0.15) is 5.26 Å². The molecule has 1 aliphatic heterocycles. The highest BCUT2D eigenvalue weighted by Gasteiger charge is 2.43. The molecule has 4 heteroatoms. The molecule has 4 nitrogen and oxygen atoms in total. The van der Waals surface area contributed by atoms with E-state index in [1.165, 1.54) is 4.90 Å². The van der Waals surface area contributed by atoms with Crippen LogP contribution in [0.2, 0.25) is 0 Å². The number of carbonyl (C=O) groups is 2. The molecular formula is C14H12N2O2. The Morgan fingerprint density at radius 2 is 2.00 bits per heavy atom. The van der Waals surface area contributed by atoms with Gasteiger partial charge in [-0.05, 0) is 30.4 Å². The van der Waals surface area contributed by atoms with Crippen molar-refractivity contribution < 1.29 is 9.59 Å². The largest absolute Gasteiger partial charge is 0.274 e. The smallest absolute Gasteiger partial charge is 0.261 e. The minimum atomic E-state index is -0.585. The van der Waals surface area contributed by atoms with Crippen molar-refractivity contribution in [3.63, 3.8) is 0 Å². The maximum atomic E-state index is 12.3. The molecule has 1 aromatic carbocycles. The first-order valence-corrected chi connectivity index (χ1v) is 6.06. The molecule has 1 aromatic rings. The van der Waals surface area contributed by atoms with Crippen molar-refractivity contribution >= 4 is 11.8 Å². The van der Waals surface area contributed by atoms with E-state index in [1.807, 2.05) is 6.07 Å². The lowest BCUT2D eigenvalue weighted by molar-refractivity contribution is -0.129. The number of rotatable bonds is 2. The second-order valence-electron chi connectivity index (χ2n) is 4.81. The monoisotopic (exact) mass is 240 g/mol. The Morgan fingerprint density at radius 3 is 2.67 bits per heavy atom. The molecule has 1 fully saturated rings. The third-order valence-electron chi connectivity index (χ3n) is 3.56. The van der Waals surface area contributed by atoms with Crippen LogP contribution in [-0.2, 0) is 11.2 Å². The summed E-state index contributed by atoms with van der Waals surface area (Å²) in [7, 11) is 0. The predicted molar refractivity (Wildman–Crippen MR) is 63.4 cm³/mol. The normalized spacial score (nSPS) is 20.3. The molecule has 90 valence electrons. The molecule has 1 aliphatic carbocycles. The van der Waals surface area contributed by atoms with Gasteiger partial charge < -0.3 is 0 Å². The van der Waals surface area contributed by atoms with Gasteiger partial charge in [-0.1, -0.05) is 18.2 Å². The van der Waals surface area contributed by atoms with E-state index < -0.39 is 6.04 Å². The molecule has 2 aliphatic rings. The van der Waals surface area contributed by atoms with Crippen LogP contribution in [0.15, 0.2) is 24.3 Å². The number of nitrogens with zero attached hydrogens (tertiary/aromatic N) is 2. The molecule has 0 N–H and O–H groups in total.